The van der Waals surface area contributed by atoms with E-state index in [0.717, 1.165) is 6.07 Å². The number of carbonyl (C=O) groups excluding carboxylic acids is 1. The van der Waals surface area contributed by atoms with Gasteiger partial charge in [-0.2, -0.15) is 0 Å². The maximum Gasteiger partial charge on any atom is 0.296 e. The van der Waals surface area contributed by atoms with Crippen molar-refractivity contribution in [1.82, 2.24) is 0 Å². The molecule has 0 saturated heterocycles. The highest BCUT2D eigenvalue weighted by Gasteiger charge is 2.21. The van der Waals surface area contributed by atoms with Gasteiger partial charge in [-0.15, -0.1) is 0 Å². The molecule has 6 nitrogen and oxygen atoms in total. The third kappa shape index (κ3) is 3.24. The Morgan fingerprint density at radius 2 is 1.95 bits per heavy atom. The molecule has 2 N–H and O–H groups in total. The van der Waals surface area contributed by atoms with Crippen LogP contribution in [0.25, 0.3) is 0 Å². The standard InChI is InChI=1S/C13H8Cl2N2O4/c14-7-4-5-9(15)8(6-7)13(19)16-12-10(17(20)21)2-1-3-11(12)18/h1-6,18H,(H,16,19). The number of hydrogen-bond donors (Lipinski definition) is 2. The molecule has 2 aromatic carbocycles. The van der Waals surface area contributed by atoms with Gasteiger partial charge in [-0.25, -0.2) is 0 Å². The van der Waals surface area contributed by atoms with Gasteiger partial charge in [0.2, 0.25) is 0 Å². The number of nitrogens with one attached hydrogen (secondary N) is 1. The van der Waals surface area contributed by atoms with Crippen LogP contribution in [0.2, 0.25) is 10.0 Å². The zero-order valence-electron chi connectivity index (χ0n) is 10.3. The summed E-state index contributed by atoms with van der Waals surface area (Å²) >= 11 is 11.7. The summed E-state index contributed by atoms with van der Waals surface area (Å²) < 4.78 is 0. The smallest absolute Gasteiger partial charge is 0.296 e. The molecule has 0 atom stereocenters. The van der Waals surface area contributed by atoms with Gasteiger partial charge in [0.25, 0.3) is 11.6 Å². The van der Waals surface area contributed by atoms with E-state index in [-0.39, 0.29) is 21.3 Å². The summed E-state index contributed by atoms with van der Waals surface area (Å²) in [5.41, 5.74) is -0.688. The molecule has 2 aromatic rings. The molecule has 0 spiro atoms. The van der Waals surface area contributed by atoms with Crippen molar-refractivity contribution < 1.29 is 14.8 Å². The van der Waals surface area contributed by atoms with Gasteiger partial charge in [-0.05, 0) is 24.3 Å². The minimum Gasteiger partial charge on any atom is -0.505 e. The summed E-state index contributed by atoms with van der Waals surface area (Å²) in [6, 6.07) is 7.94. The van der Waals surface area contributed by atoms with Gasteiger partial charge in [-0.3, -0.25) is 14.9 Å². The fraction of sp³-hybridized carbons (Fsp3) is 0. The van der Waals surface area contributed by atoms with Crippen molar-refractivity contribution in [3.63, 3.8) is 0 Å². The van der Waals surface area contributed by atoms with Gasteiger partial charge in [0.05, 0.1) is 15.5 Å². The summed E-state index contributed by atoms with van der Waals surface area (Å²) in [5.74, 6) is -1.14. The number of para-hydroxylation sites is 1. The van der Waals surface area contributed by atoms with Crippen molar-refractivity contribution in [2.75, 3.05) is 5.32 Å². The van der Waals surface area contributed by atoms with E-state index in [9.17, 15) is 20.0 Å². The lowest BCUT2D eigenvalue weighted by molar-refractivity contribution is -0.384. The highest BCUT2D eigenvalue weighted by molar-refractivity contribution is 6.36. The average molecular weight is 327 g/mol. The van der Waals surface area contributed by atoms with Crippen LogP contribution in [-0.4, -0.2) is 15.9 Å². The summed E-state index contributed by atoms with van der Waals surface area (Å²) in [4.78, 5) is 22.3. The van der Waals surface area contributed by atoms with Crippen LogP contribution in [0.3, 0.4) is 0 Å². The molecule has 1 amide bonds. The second-order valence-corrected chi connectivity index (χ2v) is 4.85. The summed E-state index contributed by atoms with van der Waals surface area (Å²) in [6.45, 7) is 0. The maximum absolute atomic E-state index is 12.1. The predicted octanol–water partition coefficient (Wildman–Crippen LogP) is 3.86. The summed E-state index contributed by atoms with van der Waals surface area (Å²) in [7, 11) is 0. The van der Waals surface area contributed by atoms with E-state index in [2.05, 4.69) is 5.32 Å². The molecule has 8 heteroatoms. The van der Waals surface area contributed by atoms with E-state index < -0.39 is 22.3 Å². The number of hydrogen-bond acceptors (Lipinski definition) is 4. The van der Waals surface area contributed by atoms with Crippen molar-refractivity contribution >= 4 is 40.5 Å². The maximum atomic E-state index is 12.1. The number of benzene rings is 2. The Morgan fingerprint density at radius 1 is 1.24 bits per heavy atom. The van der Waals surface area contributed by atoms with E-state index in [1.54, 1.807) is 0 Å². The van der Waals surface area contributed by atoms with Crippen molar-refractivity contribution in [1.29, 1.82) is 0 Å². The fourth-order valence-electron chi connectivity index (χ4n) is 1.66. The van der Waals surface area contributed by atoms with Gasteiger partial charge in [0.15, 0.2) is 5.69 Å². The second kappa shape index (κ2) is 5.99. The number of phenols is 1. The van der Waals surface area contributed by atoms with E-state index >= 15 is 0 Å². The predicted molar refractivity (Wildman–Crippen MR) is 79.2 cm³/mol. The molecule has 0 fully saturated rings. The lowest BCUT2D eigenvalue weighted by Gasteiger charge is -2.09. The fourth-order valence-corrected chi connectivity index (χ4v) is 2.04. The Kier molecular flexibility index (Phi) is 4.30. The highest BCUT2D eigenvalue weighted by atomic mass is 35.5. The molecule has 0 aliphatic heterocycles. The number of nitro groups is 1. The normalized spacial score (nSPS) is 10.2. The molecule has 0 radical (unpaired) electrons. The molecule has 21 heavy (non-hydrogen) atoms. The molecule has 0 heterocycles. The molecule has 0 aliphatic carbocycles. The summed E-state index contributed by atoms with van der Waals surface area (Å²) in [5, 5.41) is 23.3. The SMILES string of the molecule is O=C(Nc1c(O)cccc1[N+](=O)[O-])c1cc(Cl)ccc1Cl. The van der Waals surface area contributed by atoms with Crippen molar-refractivity contribution in [3.8, 4) is 5.75 Å². The van der Waals surface area contributed by atoms with Crippen LogP contribution < -0.4 is 5.32 Å². The number of nitrogens with zero attached hydrogens (tertiary/aromatic N) is 1. The van der Waals surface area contributed by atoms with Crippen LogP contribution in [0.15, 0.2) is 36.4 Å². The minimum absolute atomic E-state index is 0.0433. The number of anilines is 1. The number of nitro benzene ring substituents is 1. The quantitative estimate of drug-likeness (QED) is 0.508. The first-order valence-corrected chi connectivity index (χ1v) is 6.38. The zero-order valence-corrected chi connectivity index (χ0v) is 11.9. The van der Waals surface area contributed by atoms with Crippen LogP contribution in [0.5, 0.6) is 5.75 Å². The van der Waals surface area contributed by atoms with Gasteiger partial charge < -0.3 is 10.4 Å². The minimum atomic E-state index is -0.716. The van der Waals surface area contributed by atoms with E-state index in [0.29, 0.717) is 0 Å². The zero-order chi connectivity index (χ0) is 15.6. The van der Waals surface area contributed by atoms with E-state index in [4.69, 9.17) is 23.2 Å². The number of carbonyl (C=O) groups is 1. The third-order valence-corrected chi connectivity index (χ3v) is 3.19. The average Bonchev–Trinajstić information content (AvgIpc) is 2.43. The second-order valence-electron chi connectivity index (χ2n) is 4.01. The molecule has 0 saturated carbocycles. The van der Waals surface area contributed by atoms with Gasteiger partial charge in [-0.1, -0.05) is 29.3 Å². The van der Waals surface area contributed by atoms with Gasteiger partial charge in [0, 0.05) is 11.1 Å². The first-order valence-electron chi connectivity index (χ1n) is 5.63. The van der Waals surface area contributed by atoms with Crippen LogP contribution >= 0.6 is 23.2 Å². The molecule has 0 unspecified atom stereocenters. The Morgan fingerprint density at radius 3 is 2.62 bits per heavy atom. The Hall–Kier alpha value is -2.31. The summed E-state index contributed by atoms with van der Waals surface area (Å²) in [6.07, 6.45) is 0. The van der Waals surface area contributed by atoms with Gasteiger partial charge >= 0.3 is 0 Å². The van der Waals surface area contributed by atoms with E-state index in [1.807, 2.05) is 0 Å². The molecule has 2 rings (SSSR count). The molecule has 0 aromatic heterocycles. The lowest BCUT2D eigenvalue weighted by Crippen LogP contribution is -2.13. The number of phenolic OH excluding ortho intramolecular Hbond substituents is 1. The first-order chi connectivity index (χ1) is 9.90. The molecular weight excluding hydrogens is 319 g/mol. The largest absolute Gasteiger partial charge is 0.505 e. The Labute approximate surface area is 129 Å². The number of halogens is 2. The monoisotopic (exact) mass is 326 g/mol. The molecular formula is C13H8Cl2N2O4. The van der Waals surface area contributed by atoms with Crippen LogP contribution in [0.4, 0.5) is 11.4 Å². The van der Waals surface area contributed by atoms with Crippen molar-refractivity contribution in [3.05, 3.63) is 62.1 Å². The highest BCUT2D eigenvalue weighted by Crippen LogP contribution is 2.34. The van der Waals surface area contributed by atoms with Crippen molar-refractivity contribution in [2.24, 2.45) is 0 Å². The number of rotatable bonds is 3. The molecule has 0 aliphatic rings. The number of amides is 1. The third-order valence-electron chi connectivity index (χ3n) is 2.63. The molecule has 108 valence electrons. The van der Waals surface area contributed by atoms with Gasteiger partial charge in [0.1, 0.15) is 5.75 Å². The lowest BCUT2D eigenvalue weighted by atomic mass is 10.2. The van der Waals surface area contributed by atoms with Crippen LogP contribution in [0, 0.1) is 10.1 Å². The van der Waals surface area contributed by atoms with E-state index in [1.165, 1.54) is 30.3 Å². The Bertz CT molecular complexity index is 734. The topological polar surface area (TPSA) is 92.5 Å². The van der Waals surface area contributed by atoms with Crippen LogP contribution in [-0.2, 0) is 0 Å². The Balaban J connectivity index is 2.41. The van der Waals surface area contributed by atoms with Crippen LogP contribution in [0.1, 0.15) is 10.4 Å². The first kappa shape index (κ1) is 15.1. The van der Waals surface area contributed by atoms with Crippen molar-refractivity contribution in [2.45, 2.75) is 0 Å². The number of aromatic hydroxyl groups is 1. The molecule has 0 bridgehead atoms.